The number of aryl methyl sites for hydroxylation is 1. The highest BCUT2D eigenvalue weighted by Gasteiger charge is 2.16. The Morgan fingerprint density at radius 2 is 2.33 bits per heavy atom. The number of carboxylic acid groups (broad SMARTS) is 1. The number of aromatic nitrogens is 3. The number of carbonyl (C=O) groups is 1. The minimum Gasteiger partial charge on any atom is -0.476 e. The lowest BCUT2D eigenvalue weighted by molar-refractivity contribution is 0.0690. The molecule has 7 heteroatoms. The molecule has 3 aromatic rings. The zero-order chi connectivity index (χ0) is 15.0. The lowest BCUT2D eigenvalue weighted by Crippen LogP contribution is -2.09. The van der Waals surface area contributed by atoms with Crippen LogP contribution in [0.2, 0.25) is 0 Å². The molecule has 7 nitrogen and oxygen atoms in total. The van der Waals surface area contributed by atoms with Gasteiger partial charge < -0.3 is 14.8 Å². The number of fused-ring (bicyclic) bond motifs is 1. The third-order valence-corrected chi connectivity index (χ3v) is 3.12. The van der Waals surface area contributed by atoms with E-state index in [1.54, 1.807) is 12.5 Å². The Morgan fingerprint density at radius 3 is 3.00 bits per heavy atom. The molecule has 0 saturated carbocycles. The fraction of sp³-hybridized carbons (Fsp3) is 0.214. The summed E-state index contributed by atoms with van der Waals surface area (Å²) in [5, 5.41) is 16.3. The molecule has 0 aromatic carbocycles. The summed E-state index contributed by atoms with van der Waals surface area (Å²) in [6.45, 7) is 3.76. The molecule has 0 aliphatic heterocycles. The number of carboxylic acids is 1. The van der Waals surface area contributed by atoms with Crippen LogP contribution < -0.4 is 5.32 Å². The number of nitrogens with zero attached hydrogens (tertiary/aromatic N) is 3. The Labute approximate surface area is 120 Å². The highest BCUT2D eigenvalue weighted by Crippen LogP contribution is 2.23. The number of nitrogens with one attached hydrogen (secondary N) is 1. The molecule has 0 fully saturated rings. The molecule has 108 valence electrons. The Hall–Kier alpha value is -2.83. The molecule has 21 heavy (non-hydrogen) atoms. The molecular formula is C14H14N4O3. The van der Waals surface area contributed by atoms with Gasteiger partial charge in [-0.05, 0) is 26.0 Å². The highest BCUT2D eigenvalue weighted by atomic mass is 16.4. The average Bonchev–Trinajstić information content (AvgIpc) is 3.07. The van der Waals surface area contributed by atoms with Crippen LogP contribution in [-0.2, 0) is 0 Å². The van der Waals surface area contributed by atoms with Crippen LogP contribution in [0.1, 0.15) is 34.9 Å². The third-order valence-electron chi connectivity index (χ3n) is 3.12. The van der Waals surface area contributed by atoms with Crippen molar-refractivity contribution >= 4 is 17.3 Å². The van der Waals surface area contributed by atoms with Gasteiger partial charge in [-0.1, -0.05) is 0 Å². The van der Waals surface area contributed by atoms with Crippen LogP contribution in [-0.4, -0.2) is 25.7 Å². The molecule has 2 N–H and O–H groups in total. The second-order valence-electron chi connectivity index (χ2n) is 4.78. The quantitative estimate of drug-likeness (QED) is 0.765. The van der Waals surface area contributed by atoms with Crippen molar-refractivity contribution in [1.29, 1.82) is 0 Å². The first-order chi connectivity index (χ1) is 10.0. The Balaban J connectivity index is 2.02. The van der Waals surface area contributed by atoms with Crippen molar-refractivity contribution in [3.63, 3.8) is 0 Å². The monoisotopic (exact) mass is 286 g/mol. The molecule has 0 unspecified atom stereocenters. The van der Waals surface area contributed by atoms with Crippen molar-refractivity contribution in [3.8, 4) is 0 Å². The van der Waals surface area contributed by atoms with Gasteiger partial charge in [0.25, 0.3) is 0 Å². The molecule has 3 rings (SSSR count). The van der Waals surface area contributed by atoms with Crippen molar-refractivity contribution in [2.75, 3.05) is 5.32 Å². The topological polar surface area (TPSA) is 92.7 Å². The van der Waals surface area contributed by atoms with Crippen LogP contribution in [0.5, 0.6) is 0 Å². The zero-order valence-corrected chi connectivity index (χ0v) is 11.6. The maximum Gasteiger partial charge on any atom is 0.356 e. The SMILES string of the molecule is Cc1cn2nc(C(=O)O)cc2c(N[C@@H](C)c2ccco2)n1. The zero-order valence-electron chi connectivity index (χ0n) is 11.6. The van der Waals surface area contributed by atoms with Crippen LogP contribution in [0.25, 0.3) is 5.52 Å². The summed E-state index contributed by atoms with van der Waals surface area (Å²) in [5.41, 5.74) is 1.32. The van der Waals surface area contributed by atoms with Crippen molar-refractivity contribution in [3.05, 3.63) is 47.8 Å². The van der Waals surface area contributed by atoms with E-state index in [1.807, 2.05) is 26.0 Å². The number of rotatable bonds is 4. The molecule has 0 bridgehead atoms. The third kappa shape index (κ3) is 2.45. The van der Waals surface area contributed by atoms with Gasteiger partial charge in [-0.25, -0.2) is 14.3 Å². The normalized spacial score (nSPS) is 12.5. The fourth-order valence-electron chi connectivity index (χ4n) is 2.13. The van der Waals surface area contributed by atoms with E-state index in [0.29, 0.717) is 11.3 Å². The van der Waals surface area contributed by atoms with Gasteiger partial charge in [-0.15, -0.1) is 0 Å². The molecular weight excluding hydrogens is 272 g/mol. The first kappa shape index (κ1) is 13.2. The standard InChI is InChI=1S/C14H14N4O3/c1-8-7-18-11(6-10(17-18)14(19)20)13(15-8)16-9(2)12-4-3-5-21-12/h3-7,9H,1-2H3,(H,15,16)(H,19,20)/t9-/m0/s1. The second-order valence-corrected chi connectivity index (χ2v) is 4.78. The molecule has 0 amide bonds. The van der Waals surface area contributed by atoms with E-state index in [4.69, 9.17) is 9.52 Å². The molecule has 0 radical (unpaired) electrons. The van der Waals surface area contributed by atoms with E-state index in [0.717, 1.165) is 11.5 Å². The molecule has 0 saturated heterocycles. The number of furan rings is 1. The summed E-state index contributed by atoms with van der Waals surface area (Å²) in [4.78, 5) is 15.5. The van der Waals surface area contributed by atoms with Crippen LogP contribution in [0.4, 0.5) is 5.82 Å². The number of hydrogen-bond acceptors (Lipinski definition) is 5. The van der Waals surface area contributed by atoms with E-state index < -0.39 is 5.97 Å². The second kappa shape index (κ2) is 4.93. The minimum absolute atomic E-state index is 0.0175. The first-order valence-electron chi connectivity index (χ1n) is 6.45. The van der Waals surface area contributed by atoms with Crippen LogP contribution >= 0.6 is 0 Å². The molecule has 0 aliphatic rings. The van der Waals surface area contributed by atoms with Crippen LogP contribution in [0.3, 0.4) is 0 Å². The van der Waals surface area contributed by atoms with Crippen molar-refractivity contribution in [2.45, 2.75) is 19.9 Å². The van der Waals surface area contributed by atoms with Gasteiger partial charge in [0.15, 0.2) is 11.5 Å². The average molecular weight is 286 g/mol. The van der Waals surface area contributed by atoms with Gasteiger partial charge in [0.05, 0.1) is 24.2 Å². The van der Waals surface area contributed by atoms with E-state index in [1.165, 1.54) is 10.6 Å². The van der Waals surface area contributed by atoms with Gasteiger partial charge in [-0.2, -0.15) is 5.10 Å². The van der Waals surface area contributed by atoms with E-state index in [9.17, 15) is 4.79 Å². The minimum atomic E-state index is -1.07. The molecule has 3 heterocycles. The highest BCUT2D eigenvalue weighted by molar-refractivity contribution is 5.88. The van der Waals surface area contributed by atoms with Gasteiger partial charge in [0.2, 0.25) is 0 Å². The van der Waals surface area contributed by atoms with Crippen LogP contribution in [0, 0.1) is 6.92 Å². The fourth-order valence-corrected chi connectivity index (χ4v) is 2.13. The number of hydrogen-bond donors (Lipinski definition) is 2. The van der Waals surface area contributed by atoms with Gasteiger partial charge in [0.1, 0.15) is 11.3 Å². The van der Waals surface area contributed by atoms with Gasteiger partial charge in [0, 0.05) is 6.07 Å². The van der Waals surface area contributed by atoms with Crippen molar-refractivity contribution in [2.24, 2.45) is 0 Å². The van der Waals surface area contributed by atoms with Gasteiger partial charge >= 0.3 is 5.97 Å². The lowest BCUT2D eigenvalue weighted by Gasteiger charge is -2.13. The summed E-state index contributed by atoms with van der Waals surface area (Å²) in [6.07, 6.45) is 3.29. The predicted molar refractivity (Wildman–Crippen MR) is 75.4 cm³/mol. The van der Waals surface area contributed by atoms with E-state index in [-0.39, 0.29) is 11.7 Å². The first-order valence-corrected chi connectivity index (χ1v) is 6.45. The summed E-state index contributed by atoms with van der Waals surface area (Å²) < 4.78 is 6.86. The Kier molecular flexibility index (Phi) is 3.09. The molecule has 3 aromatic heterocycles. The van der Waals surface area contributed by atoms with Crippen molar-refractivity contribution in [1.82, 2.24) is 14.6 Å². The maximum absolute atomic E-state index is 11.0. The summed E-state index contributed by atoms with van der Waals surface area (Å²) in [5.74, 6) is 0.273. The van der Waals surface area contributed by atoms with E-state index >= 15 is 0 Å². The largest absolute Gasteiger partial charge is 0.476 e. The molecule has 1 atom stereocenters. The summed E-state index contributed by atoms with van der Waals surface area (Å²) in [7, 11) is 0. The van der Waals surface area contributed by atoms with Crippen LogP contribution in [0.15, 0.2) is 35.1 Å². The predicted octanol–water partition coefficient (Wildman–Crippen LogP) is 2.50. The number of aromatic carboxylic acids is 1. The van der Waals surface area contributed by atoms with Gasteiger partial charge in [-0.3, -0.25) is 0 Å². The van der Waals surface area contributed by atoms with Crippen molar-refractivity contribution < 1.29 is 14.3 Å². The summed E-state index contributed by atoms with van der Waals surface area (Å²) in [6, 6.07) is 5.07. The molecule has 0 aliphatic carbocycles. The number of anilines is 1. The summed E-state index contributed by atoms with van der Waals surface area (Å²) >= 11 is 0. The lowest BCUT2D eigenvalue weighted by atomic mass is 10.2. The maximum atomic E-state index is 11.0. The van der Waals surface area contributed by atoms with E-state index in [2.05, 4.69) is 15.4 Å². The molecule has 0 spiro atoms. The Bertz CT molecular complexity index is 792. The Morgan fingerprint density at radius 1 is 1.52 bits per heavy atom. The smallest absolute Gasteiger partial charge is 0.356 e.